The third-order valence-electron chi connectivity index (χ3n) is 4.00. The Bertz CT molecular complexity index is 379. The largest absolute Gasteiger partial charge is 0.271 e. The van der Waals surface area contributed by atoms with Crippen LogP contribution < -0.4 is 11.3 Å². The van der Waals surface area contributed by atoms with Crippen LogP contribution in [0, 0.1) is 12.8 Å². The van der Waals surface area contributed by atoms with Gasteiger partial charge in [-0.3, -0.25) is 11.3 Å². The molecular weight excluding hydrogens is 300 g/mol. The van der Waals surface area contributed by atoms with E-state index in [1.807, 2.05) is 0 Å². The number of hydrogen-bond acceptors (Lipinski definition) is 2. The minimum absolute atomic E-state index is 0.249. The molecular formula is C16H27BrN2. The summed E-state index contributed by atoms with van der Waals surface area (Å²) in [5, 5.41) is 0. The van der Waals surface area contributed by atoms with Crippen molar-refractivity contribution in [1.82, 2.24) is 5.43 Å². The number of nitrogens with one attached hydrogen (secondary N) is 1. The molecule has 19 heavy (non-hydrogen) atoms. The van der Waals surface area contributed by atoms with Gasteiger partial charge in [-0.1, -0.05) is 67.6 Å². The van der Waals surface area contributed by atoms with E-state index in [1.165, 1.54) is 36.8 Å². The molecule has 3 heteroatoms. The fourth-order valence-corrected chi connectivity index (χ4v) is 2.98. The molecule has 0 saturated carbocycles. The Morgan fingerprint density at radius 1 is 1.32 bits per heavy atom. The first-order chi connectivity index (χ1) is 9.13. The predicted molar refractivity (Wildman–Crippen MR) is 86.9 cm³/mol. The lowest BCUT2D eigenvalue weighted by molar-refractivity contribution is 0.355. The van der Waals surface area contributed by atoms with Crippen molar-refractivity contribution in [3.05, 3.63) is 33.8 Å². The van der Waals surface area contributed by atoms with Crippen molar-refractivity contribution < 1.29 is 0 Å². The van der Waals surface area contributed by atoms with Gasteiger partial charge in [0.05, 0.1) is 0 Å². The van der Waals surface area contributed by atoms with Crippen LogP contribution in [-0.2, 0) is 0 Å². The number of halogens is 1. The van der Waals surface area contributed by atoms with Crippen LogP contribution >= 0.6 is 15.9 Å². The van der Waals surface area contributed by atoms with Crippen LogP contribution in [0.4, 0.5) is 0 Å². The Balaban J connectivity index is 2.79. The second-order valence-electron chi connectivity index (χ2n) is 5.33. The zero-order chi connectivity index (χ0) is 14.3. The molecule has 0 aliphatic rings. The lowest BCUT2D eigenvalue weighted by Gasteiger charge is -2.24. The van der Waals surface area contributed by atoms with E-state index in [0.717, 1.165) is 16.8 Å². The molecule has 2 nitrogen and oxygen atoms in total. The quantitative estimate of drug-likeness (QED) is 0.528. The Morgan fingerprint density at radius 3 is 2.63 bits per heavy atom. The van der Waals surface area contributed by atoms with Gasteiger partial charge in [-0.25, -0.2) is 0 Å². The van der Waals surface area contributed by atoms with Gasteiger partial charge in [0.2, 0.25) is 0 Å². The van der Waals surface area contributed by atoms with E-state index in [0.29, 0.717) is 0 Å². The maximum Gasteiger partial charge on any atom is 0.0465 e. The molecule has 1 aromatic rings. The molecule has 0 amide bonds. The van der Waals surface area contributed by atoms with Crippen LogP contribution in [0.1, 0.15) is 63.1 Å². The minimum Gasteiger partial charge on any atom is -0.271 e. The summed E-state index contributed by atoms with van der Waals surface area (Å²) in [5.74, 6) is 6.54. The van der Waals surface area contributed by atoms with E-state index in [-0.39, 0.29) is 6.04 Å². The summed E-state index contributed by atoms with van der Waals surface area (Å²) in [7, 11) is 0. The lowest BCUT2D eigenvalue weighted by atomic mass is 9.88. The minimum atomic E-state index is 0.249. The van der Waals surface area contributed by atoms with Gasteiger partial charge in [0.1, 0.15) is 0 Å². The fraction of sp³-hybridized carbons (Fsp3) is 0.625. The summed E-state index contributed by atoms with van der Waals surface area (Å²) >= 11 is 3.60. The average molecular weight is 327 g/mol. The predicted octanol–water partition coefficient (Wildman–Crippen LogP) is 4.87. The van der Waals surface area contributed by atoms with Crippen LogP contribution in [0.3, 0.4) is 0 Å². The van der Waals surface area contributed by atoms with Gasteiger partial charge in [0, 0.05) is 10.5 Å². The van der Waals surface area contributed by atoms with E-state index in [2.05, 4.69) is 60.3 Å². The van der Waals surface area contributed by atoms with Crippen LogP contribution in [-0.4, -0.2) is 0 Å². The number of unbranched alkanes of at least 4 members (excludes halogenated alkanes) is 1. The summed E-state index contributed by atoms with van der Waals surface area (Å²) in [6.45, 7) is 6.68. The third-order valence-corrected chi connectivity index (χ3v) is 4.86. The standard InChI is InChI=1S/C16H27BrN2/c1-4-6-8-13(5-2)11-16(19-18)14-9-7-10-15(17)12(14)3/h7,9-10,13,16,19H,4-6,8,11,18H2,1-3H3. The van der Waals surface area contributed by atoms with E-state index in [1.54, 1.807) is 0 Å². The summed E-state index contributed by atoms with van der Waals surface area (Å²) < 4.78 is 1.16. The molecule has 108 valence electrons. The molecule has 2 atom stereocenters. The van der Waals surface area contributed by atoms with Gasteiger partial charge in [-0.15, -0.1) is 0 Å². The van der Waals surface area contributed by atoms with E-state index < -0.39 is 0 Å². The molecule has 0 aromatic heterocycles. The Hall–Kier alpha value is -0.380. The number of benzene rings is 1. The lowest BCUT2D eigenvalue weighted by Crippen LogP contribution is -2.30. The maximum atomic E-state index is 5.79. The maximum absolute atomic E-state index is 5.79. The van der Waals surface area contributed by atoms with Gasteiger partial charge in [-0.05, 0) is 36.5 Å². The molecule has 0 spiro atoms. The van der Waals surface area contributed by atoms with Crippen LogP contribution in [0.2, 0.25) is 0 Å². The van der Waals surface area contributed by atoms with Gasteiger partial charge in [0.15, 0.2) is 0 Å². The normalized spacial score (nSPS) is 14.4. The highest BCUT2D eigenvalue weighted by molar-refractivity contribution is 9.10. The molecule has 0 aliphatic heterocycles. The summed E-state index contributed by atoms with van der Waals surface area (Å²) in [5.41, 5.74) is 5.61. The molecule has 0 heterocycles. The molecule has 1 rings (SSSR count). The number of rotatable bonds is 8. The summed E-state index contributed by atoms with van der Waals surface area (Å²) in [4.78, 5) is 0. The first kappa shape index (κ1) is 16.7. The molecule has 0 radical (unpaired) electrons. The highest BCUT2D eigenvalue weighted by atomic mass is 79.9. The van der Waals surface area contributed by atoms with Crippen molar-refractivity contribution in [3.63, 3.8) is 0 Å². The topological polar surface area (TPSA) is 38.0 Å². The van der Waals surface area contributed by atoms with E-state index in [4.69, 9.17) is 5.84 Å². The van der Waals surface area contributed by atoms with Crippen molar-refractivity contribution in [2.45, 2.75) is 58.9 Å². The highest BCUT2D eigenvalue weighted by Crippen LogP contribution is 2.30. The second kappa shape index (κ2) is 8.72. The summed E-state index contributed by atoms with van der Waals surface area (Å²) in [6, 6.07) is 6.60. The van der Waals surface area contributed by atoms with E-state index in [9.17, 15) is 0 Å². The van der Waals surface area contributed by atoms with Gasteiger partial charge in [0.25, 0.3) is 0 Å². The van der Waals surface area contributed by atoms with Crippen molar-refractivity contribution >= 4 is 15.9 Å². The number of hydrogen-bond donors (Lipinski definition) is 2. The van der Waals surface area contributed by atoms with Crippen LogP contribution in [0.25, 0.3) is 0 Å². The van der Waals surface area contributed by atoms with Crippen molar-refractivity contribution in [3.8, 4) is 0 Å². The van der Waals surface area contributed by atoms with Crippen molar-refractivity contribution in [1.29, 1.82) is 0 Å². The third kappa shape index (κ3) is 4.90. The van der Waals surface area contributed by atoms with Crippen LogP contribution in [0.15, 0.2) is 22.7 Å². The Morgan fingerprint density at radius 2 is 2.05 bits per heavy atom. The fourth-order valence-electron chi connectivity index (χ4n) is 2.60. The molecule has 0 bridgehead atoms. The van der Waals surface area contributed by atoms with Gasteiger partial charge in [-0.2, -0.15) is 0 Å². The van der Waals surface area contributed by atoms with Gasteiger partial charge >= 0.3 is 0 Å². The number of nitrogens with two attached hydrogens (primary N) is 1. The molecule has 2 unspecified atom stereocenters. The van der Waals surface area contributed by atoms with Crippen molar-refractivity contribution in [2.75, 3.05) is 0 Å². The zero-order valence-corrected chi connectivity index (χ0v) is 14.0. The Kier molecular flexibility index (Phi) is 7.66. The zero-order valence-electron chi connectivity index (χ0n) is 12.4. The first-order valence-electron chi connectivity index (χ1n) is 7.35. The van der Waals surface area contributed by atoms with Crippen molar-refractivity contribution in [2.24, 2.45) is 11.8 Å². The molecule has 0 saturated heterocycles. The van der Waals surface area contributed by atoms with Crippen LogP contribution in [0.5, 0.6) is 0 Å². The molecule has 0 aliphatic carbocycles. The highest BCUT2D eigenvalue weighted by Gasteiger charge is 2.18. The Labute approximate surface area is 126 Å². The van der Waals surface area contributed by atoms with Gasteiger partial charge < -0.3 is 0 Å². The van der Waals surface area contributed by atoms with E-state index >= 15 is 0 Å². The second-order valence-corrected chi connectivity index (χ2v) is 6.18. The SMILES string of the molecule is CCCCC(CC)CC(NN)c1cccc(Br)c1C. The smallest absolute Gasteiger partial charge is 0.0465 e. The number of hydrazine groups is 1. The first-order valence-corrected chi connectivity index (χ1v) is 8.14. The molecule has 3 N–H and O–H groups in total. The molecule has 0 fully saturated rings. The summed E-state index contributed by atoms with van der Waals surface area (Å²) in [6.07, 6.45) is 6.23. The monoisotopic (exact) mass is 326 g/mol. The average Bonchev–Trinajstić information content (AvgIpc) is 2.43. The molecule has 1 aromatic carbocycles.